The zero-order valence-corrected chi connectivity index (χ0v) is 14.8. The maximum atomic E-state index is 12.5. The van der Waals surface area contributed by atoms with Gasteiger partial charge in [-0.1, -0.05) is 23.2 Å². The second-order valence-electron chi connectivity index (χ2n) is 5.60. The minimum absolute atomic E-state index is 0.0318. The molecule has 0 bridgehead atoms. The van der Waals surface area contributed by atoms with Gasteiger partial charge in [-0.05, 0) is 42.5 Å². The van der Waals surface area contributed by atoms with E-state index >= 15 is 0 Å². The van der Waals surface area contributed by atoms with Crippen LogP contribution in [0.3, 0.4) is 0 Å². The lowest BCUT2D eigenvalue weighted by Gasteiger charge is -2.36. The lowest BCUT2D eigenvalue weighted by molar-refractivity contribution is 0.0746. The van der Waals surface area contributed by atoms with E-state index in [-0.39, 0.29) is 5.91 Å². The van der Waals surface area contributed by atoms with Crippen molar-refractivity contribution >= 4 is 34.8 Å². The van der Waals surface area contributed by atoms with Crippen LogP contribution in [0.5, 0.6) is 5.75 Å². The molecule has 1 aliphatic heterocycles. The van der Waals surface area contributed by atoms with E-state index in [9.17, 15) is 4.79 Å². The van der Waals surface area contributed by atoms with Crippen molar-refractivity contribution in [3.05, 3.63) is 58.1 Å². The number of carbonyl (C=O) groups is 1. The van der Waals surface area contributed by atoms with Crippen LogP contribution in [-0.2, 0) is 0 Å². The third-order valence-electron chi connectivity index (χ3n) is 4.14. The largest absolute Gasteiger partial charge is 0.495 e. The highest BCUT2D eigenvalue weighted by Gasteiger charge is 2.24. The number of halogens is 2. The van der Waals surface area contributed by atoms with Crippen molar-refractivity contribution in [2.24, 2.45) is 0 Å². The monoisotopic (exact) mass is 364 g/mol. The average molecular weight is 365 g/mol. The van der Waals surface area contributed by atoms with Crippen LogP contribution >= 0.6 is 23.2 Å². The molecular weight excluding hydrogens is 347 g/mol. The fourth-order valence-electron chi connectivity index (χ4n) is 2.84. The number of rotatable bonds is 3. The molecule has 24 heavy (non-hydrogen) atoms. The molecule has 0 saturated carbocycles. The van der Waals surface area contributed by atoms with E-state index in [0.29, 0.717) is 28.7 Å². The van der Waals surface area contributed by atoms with Crippen LogP contribution in [0.25, 0.3) is 0 Å². The summed E-state index contributed by atoms with van der Waals surface area (Å²) in [5.41, 5.74) is 1.62. The minimum Gasteiger partial charge on any atom is -0.495 e. The summed E-state index contributed by atoms with van der Waals surface area (Å²) in [6, 6.07) is 12.6. The van der Waals surface area contributed by atoms with Gasteiger partial charge in [-0.15, -0.1) is 0 Å². The first-order valence-corrected chi connectivity index (χ1v) is 8.47. The van der Waals surface area contributed by atoms with Crippen LogP contribution < -0.4 is 9.64 Å². The molecule has 0 N–H and O–H groups in total. The van der Waals surface area contributed by atoms with E-state index in [1.54, 1.807) is 31.4 Å². The molecule has 2 aromatic rings. The van der Waals surface area contributed by atoms with Crippen molar-refractivity contribution < 1.29 is 9.53 Å². The number of carbonyl (C=O) groups excluding carboxylic acids is 1. The zero-order valence-electron chi connectivity index (χ0n) is 13.3. The average Bonchev–Trinajstić information content (AvgIpc) is 2.62. The van der Waals surface area contributed by atoms with E-state index in [1.165, 1.54) is 0 Å². The molecule has 0 spiro atoms. The highest BCUT2D eigenvalue weighted by atomic mass is 35.5. The summed E-state index contributed by atoms with van der Waals surface area (Å²) in [5, 5.41) is 1.30. The third-order valence-corrected chi connectivity index (χ3v) is 4.63. The predicted octanol–water partition coefficient (Wildman–Crippen LogP) is 3.96. The Labute approximate surface area is 151 Å². The quantitative estimate of drug-likeness (QED) is 0.825. The Morgan fingerprint density at radius 2 is 1.58 bits per heavy atom. The Morgan fingerprint density at radius 1 is 0.958 bits per heavy atom. The van der Waals surface area contributed by atoms with Crippen LogP contribution in [0.2, 0.25) is 10.0 Å². The van der Waals surface area contributed by atoms with Gasteiger partial charge in [-0.25, -0.2) is 0 Å². The highest BCUT2D eigenvalue weighted by Crippen LogP contribution is 2.32. The van der Waals surface area contributed by atoms with Gasteiger partial charge in [0.25, 0.3) is 5.91 Å². The van der Waals surface area contributed by atoms with Crippen LogP contribution in [0.4, 0.5) is 5.69 Å². The molecule has 3 rings (SSSR count). The Bertz CT molecular complexity index is 726. The first-order chi connectivity index (χ1) is 11.6. The van der Waals surface area contributed by atoms with Gasteiger partial charge in [0.2, 0.25) is 0 Å². The number of hydrogen-bond acceptors (Lipinski definition) is 3. The number of anilines is 1. The van der Waals surface area contributed by atoms with E-state index in [2.05, 4.69) is 4.90 Å². The Hall–Kier alpha value is -1.91. The summed E-state index contributed by atoms with van der Waals surface area (Å²) in [7, 11) is 1.65. The Kier molecular flexibility index (Phi) is 5.17. The molecule has 4 nitrogen and oxygen atoms in total. The van der Waals surface area contributed by atoms with E-state index in [0.717, 1.165) is 24.5 Å². The second-order valence-corrected chi connectivity index (χ2v) is 6.48. The maximum absolute atomic E-state index is 12.5. The number of ether oxygens (including phenoxy) is 1. The molecule has 0 radical (unpaired) electrons. The molecule has 0 aromatic heterocycles. The smallest absolute Gasteiger partial charge is 0.253 e. The number of piperazine rings is 1. The number of benzene rings is 2. The third kappa shape index (κ3) is 3.60. The van der Waals surface area contributed by atoms with Gasteiger partial charge < -0.3 is 14.5 Å². The van der Waals surface area contributed by atoms with Gasteiger partial charge in [0.1, 0.15) is 5.75 Å². The molecule has 1 aliphatic rings. The Morgan fingerprint density at radius 3 is 2.21 bits per heavy atom. The number of amides is 1. The van der Waals surface area contributed by atoms with Gasteiger partial charge in [-0.3, -0.25) is 4.79 Å². The van der Waals surface area contributed by atoms with Gasteiger partial charge in [-0.2, -0.15) is 0 Å². The number of hydrogen-bond donors (Lipinski definition) is 0. The van der Waals surface area contributed by atoms with Crippen molar-refractivity contribution in [1.29, 1.82) is 0 Å². The standard InChI is InChI=1S/C18H18Cl2N2O2/c1-24-17-7-6-15(20)12-16(17)21-8-10-22(11-9-21)18(23)13-2-4-14(19)5-3-13/h2-7,12H,8-11H2,1H3. The first-order valence-electron chi connectivity index (χ1n) is 7.72. The lowest BCUT2D eigenvalue weighted by atomic mass is 10.1. The molecular formula is C18H18Cl2N2O2. The van der Waals surface area contributed by atoms with Crippen molar-refractivity contribution in [3.63, 3.8) is 0 Å². The molecule has 0 aliphatic carbocycles. The summed E-state index contributed by atoms with van der Waals surface area (Å²) < 4.78 is 5.42. The summed E-state index contributed by atoms with van der Waals surface area (Å²) in [6.45, 7) is 2.76. The lowest BCUT2D eigenvalue weighted by Crippen LogP contribution is -2.48. The van der Waals surface area contributed by atoms with Gasteiger partial charge in [0, 0.05) is 41.8 Å². The van der Waals surface area contributed by atoms with Crippen LogP contribution in [0, 0.1) is 0 Å². The van der Waals surface area contributed by atoms with Gasteiger partial charge >= 0.3 is 0 Å². The fourth-order valence-corrected chi connectivity index (χ4v) is 3.13. The molecule has 0 unspecified atom stereocenters. The SMILES string of the molecule is COc1ccc(Cl)cc1N1CCN(C(=O)c2ccc(Cl)cc2)CC1. The molecule has 1 saturated heterocycles. The summed E-state index contributed by atoms with van der Waals surface area (Å²) >= 11 is 12.0. The molecule has 126 valence electrons. The zero-order chi connectivity index (χ0) is 17.1. The predicted molar refractivity (Wildman–Crippen MR) is 97.6 cm³/mol. The normalized spacial score (nSPS) is 14.6. The second kappa shape index (κ2) is 7.32. The van der Waals surface area contributed by atoms with E-state index in [4.69, 9.17) is 27.9 Å². The summed E-state index contributed by atoms with van der Waals surface area (Å²) in [6.07, 6.45) is 0. The van der Waals surface area contributed by atoms with Crippen LogP contribution in [0.1, 0.15) is 10.4 Å². The van der Waals surface area contributed by atoms with E-state index in [1.807, 2.05) is 23.1 Å². The summed E-state index contributed by atoms with van der Waals surface area (Å²) in [5.74, 6) is 0.821. The number of methoxy groups -OCH3 is 1. The first kappa shape index (κ1) is 16.9. The van der Waals surface area contributed by atoms with Crippen molar-refractivity contribution in [3.8, 4) is 5.75 Å². The van der Waals surface area contributed by atoms with Crippen molar-refractivity contribution in [2.45, 2.75) is 0 Å². The maximum Gasteiger partial charge on any atom is 0.253 e. The molecule has 0 atom stereocenters. The van der Waals surface area contributed by atoms with Crippen molar-refractivity contribution in [1.82, 2.24) is 4.90 Å². The highest BCUT2D eigenvalue weighted by molar-refractivity contribution is 6.31. The molecule has 1 fully saturated rings. The topological polar surface area (TPSA) is 32.8 Å². The van der Waals surface area contributed by atoms with Crippen molar-refractivity contribution in [2.75, 3.05) is 38.2 Å². The fraction of sp³-hybridized carbons (Fsp3) is 0.278. The molecule has 2 aromatic carbocycles. The Balaban J connectivity index is 1.69. The molecule has 1 amide bonds. The van der Waals surface area contributed by atoms with Crippen LogP contribution in [-0.4, -0.2) is 44.1 Å². The molecule has 6 heteroatoms. The molecule has 1 heterocycles. The van der Waals surface area contributed by atoms with Crippen LogP contribution in [0.15, 0.2) is 42.5 Å². The summed E-state index contributed by atoms with van der Waals surface area (Å²) in [4.78, 5) is 16.6. The number of nitrogens with zero attached hydrogens (tertiary/aromatic N) is 2. The van der Waals surface area contributed by atoms with Gasteiger partial charge in [0.05, 0.1) is 12.8 Å². The minimum atomic E-state index is 0.0318. The van der Waals surface area contributed by atoms with E-state index < -0.39 is 0 Å². The van der Waals surface area contributed by atoms with Gasteiger partial charge in [0.15, 0.2) is 0 Å².